The summed E-state index contributed by atoms with van der Waals surface area (Å²) < 4.78 is 0. The Kier molecular flexibility index (Phi) is 3.78. The Morgan fingerprint density at radius 2 is 1.76 bits per heavy atom. The molecule has 4 heteroatoms. The molecule has 0 amide bonds. The average Bonchev–Trinajstić information content (AvgIpc) is 3.02. The average molecular weight is 278 g/mol. The Labute approximate surface area is 122 Å². The number of hydrogen-bond acceptors (Lipinski definition) is 3. The van der Waals surface area contributed by atoms with Crippen molar-refractivity contribution in [2.75, 3.05) is 0 Å². The lowest BCUT2D eigenvalue weighted by atomic mass is 10.1. The molecule has 0 fully saturated rings. The van der Waals surface area contributed by atoms with Gasteiger partial charge in [0.15, 0.2) is 6.29 Å². The summed E-state index contributed by atoms with van der Waals surface area (Å²) in [5.74, 6) is 0. The van der Waals surface area contributed by atoms with E-state index in [-0.39, 0.29) is 0 Å². The normalized spacial score (nSPS) is 10.3. The molecule has 0 bridgehead atoms. The third-order valence-corrected chi connectivity index (χ3v) is 3.17. The van der Waals surface area contributed by atoms with Gasteiger partial charge in [0.2, 0.25) is 0 Å². The van der Waals surface area contributed by atoms with Crippen LogP contribution in [0.1, 0.15) is 15.9 Å². The smallest absolute Gasteiger partial charge is 0.150 e. The number of aromatic nitrogens is 2. The molecule has 0 N–H and O–H groups in total. The van der Waals surface area contributed by atoms with Crippen LogP contribution in [0.15, 0.2) is 66.9 Å². The minimum absolute atomic E-state index is 0.415. The summed E-state index contributed by atoms with van der Waals surface area (Å²) in [7, 11) is 0. The second kappa shape index (κ2) is 6.05. The molecule has 0 saturated heterocycles. The summed E-state index contributed by atoms with van der Waals surface area (Å²) in [5, 5.41) is 4.16. The third kappa shape index (κ3) is 2.84. The first-order chi connectivity index (χ1) is 10.4. The van der Waals surface area contributed by atoms with Gasteiger partial charge in [-0.3, -0.25) is 4.79 Å². The molecule has 0 unspecified atom stereocenters. The second-order valence-corrected chi connectivity index (χ2v) is 4.55. The van der Waals surface area contributed by atoms with Gasteiger partial charge >= 0.3 is 0 Å². The molecule has 104 valence electrons. The van der Waals surface area contributed by atoms with Crippen molar-refractivity contribution in [1.82, 2.24) is 9.94 Å². The van der Waals surface area contributed by atoms with Crippen LogP contribution in [-0.2, 0) is 6.61 Å². The zero-order valence-electron chi connectivity index (χ0n) is 11.3. The van der Waals surface area contributed by atoms with Crippen molar-refractivity contribution in [2.24, 2.45) is 0 Å². The van der Waals surface area contributed by atoms with Gasteiger partial charge in [-0.25, -0.2) is 0 Å². The summed E-state index contributed by atoms with van der Waals surface area (Å²) >= 11 is 0. The van der Waals surface area contributed by atoms with Crippen LogP contribution in [0.2, 0.25) is 0 Å². The van der Waals surface area contributed by atoms with Crippen molar-refractivity contribution in [3.05, 3.63) is 78.0 Å². The maximum Gasteiger partial charge on any atom is 0.150 e. The van der Waals surface area contributed by atoms with Crippen molar-refractivity contribution in [3.8, 4) is 11.3 Å². The van der Waals surface area contributed by atoms with E-state index >= 15 is 0 Å². The van der Waals surface area contributed by atoms with Crippen LogP contribution < -0.4 is 4.84 Å². The lowest BCUT2D eigenvalue weighted by molar-refractivity contribution is 0.0736. The van der Waals surface area contributed by atoms with Crippen LogP contribution >= 0.6 is 0 Å². The van der Waals surface area contributed by atoms with Crippen molar-refractivity contribution in [2.45, 2.75) is 6.61 Å². The van der Waals surface area contributed by atoms with Gasteiger partial charge in [-0.2, -0.15) is 0 Å². The molecule has 2 aromatic carbocycles. The maximum absolute atomic E-state index is 11.1. The lowest BCUT2D eigenvalue weighted by Gasteiger charge is -2.10. The number of carbonyl (C=O) groups is 1. The van der Waals surface area contributed by atoms with Crippen molar-refractivity contribution >= 4 is 6.29 Å². The molecule has 0 radical (unpaired) electrons. The molecule has 0 saturated carbocycles. The highest BCUT2D eigenvalue weighted by atomic mass is 16.7. The van der Waals surface area contributed by atoms with Crippen LogP contribution in [-0.4, -0.2) is 16.2 Å². The standard InChI is InChI=1S/C17H14N2O2/c20-12-15-8-4-5-9-16(15)17-10-11-18-19(17)21-13-14-6-2-1-3-7-14/h1-12H,13H2. The zero-order chi connectivity index (χ0) is 14.5. The van der Waals surface area contributed by atoms with Crippen LogP contribution in [0.5, 0.6) is 0 Å². The van der Waals surface area contributed by atoms with E-state index in [0.29, 0.717) is 12.2 Å². The SMILES string of the molecule is O=Cc1ccccc1-c1ccnn1OCc1ccccc1. The minimum atomic E-state index is 0.415. The van der Waals surface area contributed by atoms with Gasteiger partial charge in [-0.15, -0.1) is 5.10 Å². The van der Waals surface area contributed by atoms with Gasteiger partial charge in [-0.05, 0) is 11.6 Å². The quantitative estimate of drug-likeness (QED) is 0.674. The summed E-state index contributed by atoms with van der Waals surface area (Å²) in [6, 6.07) is 19.1. The summed E-state index contributed by atoms with van der Waals surface area (Å²) in [6.07, 6.45) is 2.49. The van der Waals surface area contributed by atoms with Crippen molar-refractivity contribution < 1.29 is 9.63 Å². The van der Waals surface area contributed by atoms with E-state index in [0.717, 1.165) is 23.1 Å². The Morgan fingerprint density at radius 3 is 2.57 bits per heavy atom. The Balaban J connectivity index is 1.86. The van der Waals surface area contributed by atoms with E-state index in [1.54, 1.807) is 12.3 Å². The fourth-order valence-electron chi connectivity index (χ4n) is 2.13. The fourth-order valence-corrected chi connectivity index (χ4v) is 2.13. The zero-order valence-corrected chi connectivity index (χ0v) is 11.3. The molecular formula is C17H14N2O2. The number of nitrogens with zero attached hydrogens (tertiary/aromatic N) is 2. The molecule has 21 heavy (non-hydrogen) atoms. The predicted octanol–water partition coefficient (Wildman–Crippen LogP) is 2.99. The van der Waals surface area contributed by atoms with E-state index in [1.807, 2.05) is 54.6 Å². The first kappa shape index (κ1) is 13.1. The van der Waals surface area contributed by atoms with E-state index in [9.17, 15) is 4.79 Å². The van der Waals surface area contributed by atoms with E-state index in [1.165, 1.54) is 4.85 Å². The molecule has 1 heterocycles. The molecule has 0 aliphatic heterocycles. The molecule has 4 nitrogen and oxygen atoms in total. The number of benzene rings is 2. The van der Waals surface area contributed by atoms with Gasteiger partial charge in [-0.1, -0.05) is 59.4 Å². The summed E-state index contributed by atoms with van der Waals surface area (Å²) in [4.78, 5) is 18.3. The van der Waals surface area contributed by atoms with Crippen LogP contribution in [0.25, 0.3) is 11.3 Å². The Bertz CT molecular complexity index is 735. The molecule has 3 rings (SSSR count). The third-order valence-electron chi connectivity index (χ3n) is 3.17. The first-order valence-electron chi connectivity index (χ1n) is 6.64. The monoisotopic (exact) mass is 278 g/mol. The lowest BCUT2D eigenvalue weighted by Crippen LogP contribution is -2.14. The second-order valence-electron chi connectivity index (χ2n) is 4.55. The minimum Gasteiger partial charge on any atom is -0.391 e. The molecule has 0 spiro atoms. The highest BCUT2D eigenvalue weighted by molar-refractivity contribution is 5.86. The summed E-state index contributed by atoms with van der Waals surface area (Å²) in [5.41, 5.74) is 3.23. The van der Waals surface area contributed by atoms with Crippen LogP contribution in [0.3, 0.4) is 0 Å². The fraction of sp³-hybridized carbons (Fsp3) is 0.0588. The van der Waals surface area contributed by atoms with E-state index in [2.05, 4.69) is 5.10 Å². The van der Waals surface area contributed by atoms with Gasteiger partial charge in [0, 0.05) is 11.1 Å². The Morgan fingerprint density at radius 1 is 1.00 bits per heavy atom. The van der Waals surface area contributed by atoms with Gasteiger partial charge < -0.3 is 4.84 Å². The largest absolute Gasteiger partial charge is 0.391 e. The number of hydrogen-bond donors (Lipinski definition) is 0. The van der Waals surface area contributed by atoms with Crippen molar-refractivity contribution in [1.29, 1.82) is 0 Å². The van der Waals surface area contributed by atoms with E-state index in [4.69, 9.17) is 4.84 Å². The maximum atomic E-state index is 11.1. The number of aldehydes is 1. The molecule has 0 aliphatic rings. The predicted molar refractivity (Wildman–Crippen MR) is 79.8 cm³/mol. The molecule has 0 atom stereocenters. The molecule has 3 aromatic rings. The highest BCUT2D eigenvalue weighted by Gasteiger charge is 2.10. The highest BCUT2D eigenvalue weighted by Crippen LogP contribution is 2.21. The Hall–Kier alpha value is -2.88. The summed E-state index contributed by atoms with van der Waals surface area (Å²) in [6.45, 7) is 0.415. The van der Waals surface area contributed by atoms with Gasteiger partial charge in [0.05, 0.1) is 6.20 Å². The van der Waals surface area contributed by atoms with E-state index < -0.39 is 0 Å². The van der Waals surface area contributed by atoms with Crippen LogP contribution in [0.4, 0.5) is 0 Å². The van der Waals surface area contributed by atoms with Crippen molar-refractivity contribution in [3.63, 3.8) is 0 Å². The topological polar surface area (TPSA) is 44.1 Å². The van der Waals surface area contributed by atoms with Crippen LogP contribution in [0, 0.1) is 0 Å². The number of rotatable bonds is 5. The van der Waals surface area contributed by atoms with Gasteiger partial charge in [0.1, 0.15) is 12.3 Å². The molecule has 1 aromatic heterocycles. The first-order valence-corrected chi connectivity index (χ1v) is 6.64. The molecular weight excluding hydrogens is 264 g/mol. The van der Waals surface area contributed by atoms with Gasteiger partial charge in [0.25, 0.3) is 0 Å². The molecule has 0 aliphatic carbocycles. The number of carbonyl (C=O) groups excluding carboxylic acids is 1.